The fourth-order valence-corrected chi connectivity index (χ4v) is 2.82. The van der Waals surface area contributed by atoms with Crippen LogP contribution in [-0.2, 0) is 12.4 Å². The number of rotatable bonds is 0. The summed E-state index contributed by atoms with van der Waals surface area (Å²) in [5, 5.41) is 0.465. The quantitative estimate of drug-likeness (QED) is 0.384. The average Bonchev–Trinajstić information content (AvgIpc) is 3.00. The topological polar surface area (TPSA) is 28.9 Å². The normalized spacial score (nSPS) is 13.4. The molecule has 0 aliphatic carbocycles. The summed E-state index contributed by atoms with van der Waals surface area (Å²) in [7, 11) is 0. The summed E-state index contributed by atoms with van der Waals surface area (Å²) in [5.74, 6) is 0. The van der Waals surface area contributed by atoms with Gasteiger partial charge in [0.2, 0.25) is 0 Å². The Morgan fingerprint density at radius 3 is 2.21 bits per heavy atom. The van der Waals surface area contributed by atoms with Crippen molar-refractivity contribution in [3.05, 3.63) is 47.5 Å². The van der Waals surface area contributed by atoms with Crippen LogP contribution in [0.25, 0.3) is 33.0 Å². The maximum atomic E-state index is 13.1. The largest absolute Gasteiger partial charge is 0.454 e. The second-order valence-electron chi connectivity index (χ2n) is 5.37. The van der Waals surface area contributed by atoms with Gasteiger partial charge in [0.25, 0.3) is 0 Å². The van der Waals surface area contributed by atoms with E-state index in [1.807, 2.05) is 0 Å². The average molecular weight is 343 g/mol. The number of halogens is 6. The highest BCUT2D eigenvalue weighted by atomic mass is 19.4. The summed E-state index contributed by atoms with van der Waals surface area (Å²) >= 11 is 0. The van der Waals surface area contributed by atoms with Crippen LogP contribution in [0.3, 0.4) is 0 Å². The van der Waals surface area contributed by atoms with Gasteiger partial charge in [-0.05, 0) is 30.3 Å². The molecule has 0 bridgehead atoms. The highest BCUT2D eigenvalue weighted by Crippen LogP contribution is 2.41. The molecule has 0 saturated heterocycles. The predicted molar refractivity (Wildman–Crippen MR) is 75.6 cm³/mol. The Balaban J connectivity index is 2.06. The molecule has 0 saturated carbocycles. The summed E-state index contributed by atoms with van der Waals surface area (Å²) in [6.07, 6.45) is -9.08. The van der Waals surface area contributed by atoms with Crippen molar-refractivity contribution >= 4 is 33.0 Å². The second kappa shape index (κ2) is 4.46. The number of hydrogen-bond donors (Lipinski definition) is 1. The standard InChI is InChI=1S/C16H7F6NO/c17-15(18,19)7-4-5-8-11(6-7)24-14-9-2-1-3-10(16(20,21)22)12(9)23-13(8)14/h1-6,23H. The van der Waals surface area contributed by atoms with Gasteiger partial charge in [0.15, 0.2) is 5.58 Å². The lowest BCUT2D eigenvalue weighted by Gasteiger charge is -2.07. The first kappa shape index (κ1) is 14.9. The number of nitrogens with one attached hydrogen (secondary N) is 1. The number of furan rings is 1. The molecule has 2 nitrogen and oxygen atoms in total. The van der Waals surface area contributed by atoms with E-state index in [2.05, 4.69) is 4.98 Å². The van der Waals surface area contributed by atoms with Gasteiger partial charge >= 0.3 is 12.4 Å². The number of aromatic amines is 1. The summed E-state index contributed by atoms with van der Waals surface area (Å²) in [5.41, 5.74) is -1.58. The maximum absolute atomic E-state index is 13.1. The molecule has 0 spiro atoms. The first-order valence-electron chi connectivity index (χ1n) is 6.77. The van der Waals surface area contributed by atoms with E-state index in [1.165, 1.54) is 18.2 Å². The molecule has 2 aromatic carbocycles. The molecule has 0 aliphatic rings. The summed E-state index contributed by atoms with van der Waals surface area (Å²) in [6.45, 7) is 0. The monoisotopic (exact) mass is 343 g/mol. The van der Waals surface area contributed by atoms with E-state index in [1.54, 1.807) is 0 Å². The van der Waals surface area contributed by atoms with E-state index in [4.69, 9.17) is 4.42 Å². The zero-order valence-corrected chi connectivity index (χ0v) is 11.6. The molecule has 1 N–H and O–H groups in total. The molecule has 2 aromatic heterocycles. The lowest BCUT2D eigenvalue weighted by molar-refractivity contribution is -0.138. The van der Waals surface area contributed by atoms with Gasteiger partial charge in [-0.3, -0.25) is 0 Å². The van der Waals surface area contributed by atoms with Gasteiger partial charge in [-0.25, -0.2) is 0 Å². The van der Waals surface area contributed by atoms with Crippen LogP contribution < -0.4 is 0 Å². The van der Waals surface area contributed by atoms with E-state index in [0.29, 0.717) is 5.39 Å². The third-order valence-electron chi connectivity index (χ3n) is 3.88. The van der Waals surface area contributed by atoms with Gasteiger partial charge in [0, 0.05) is 10.8 Å². The molecule has 0 fully saturated rings. The van der Waals surface area contributed by atoms with Gasteiger partial charge in [0.1, 0.15) is 5.58 Å². The van der Waals surface area contributed by atoms with Crippen LogP contribution in [0.2, 0.25) is 0 Å². The molecular weight excluding hydrogens is 336 g/mol. The Hall–Kier alpha value is -2.64. The second-order valence-corrected chi connectivity index (χ2v) is 5.37. The van der Waals surface area contributed by atoms with Crippen molar-refractivity contribution in [3.63, 3.8) is 0 Å². The van der Waals surface area contributed by atoms with Gasteiger partial charge in [-0.1, -0.05) is 6.07 Å². The minimum atomic E-state index is -4.55. The number of para-hydroxylation sites is 1. The molecular formula is C16H7F6NO. The van der Waals surface area contributed by atoms with E-state index in [9.17, 15) is 26.3 Å². The van der Waals surface area contributed by atoms with Crippen LogP contribution in [0.15, 0.2) is 40.8 Å². The molecule has 24 heavy (non-hydrogen) atoms. The summed E-state index contributed by atoms with van der Waals surface area (Å²) in [6, 6.07) is 6.48. The smallest absolute Gasteiger partial charge is 0.418 e. The number of H-pyrrole nitrogens is 1. The highest BCUT2D eigenvalue weighted by molar-refractivity contribution is 6.15. The third-order valence-corrected chi connectivity index (χ3v) is 3.88. The number of hydrogen-bond acceptors (Lipinski definition) is 1. The van der Waals surface area contributed by atoms with Gasteiger partial charge in [0.05, 0.1) is 22.2 Å². The molecule has 4 aromatic rings. The van der Waals surface area contributed by atoms with Crippen molar-refractivity contribution in [2.45, 2.75) is 12.4 Å². The van der Waals surface area contributed by atoms with Gasteiger partial charge < -0.3 is 9.40 Å². The van der Waals surface area contributed by atoms with Crippen molar-refractivity contribution in [2.75, 3.05) is 0 Å². The predicted octanol–water partition coefficient (Wildman–Crippen LogP) is 6.10. The molecule has 124 valence electrons. The Morgan fingerprint density at radius 1 is 0.792 bits per heavy atom. The van der Waals surface area contributed by atoms with E-state index < -0.39 is 23.5 Å². The third kappa shape index (κ3) is 2.05. The van der Waals surface area contributed by atoms with Crippen molar-refractivity contribution in [1.29, 1.82) is 0 Å². The lowest BCUT2D eigenvalue weighted by Crippen LogP contribution is -2.05. The van der Waals surface area contributed by atoms with Crippen LogP contribution in [0.5, 0.6) is 0 Å². The Kier molecular flexibility index (Phi) is 2.77. The Labute approximate surface area is 129 Å². The molecule has 0 unspecified atom stereocenters. The first-order chi connectivity index (χ1) is 11.2. The SMILES string of the molecule is FC(F)(F)c1ccc2c(c1)oc1c3cccc(C(F)(F)F)c3[nH]c21. The van der Waals surface area contributed by atoms with E-state index >= 15 is 0 Å². The van der Waals surface area contributed by atoms with E-state index in [0.717, 1.165) is 18.2 Å². The molecule has 0 amide bonds. The van der Waals surface area contributed by atoms with Crippen LogP contribution in [0.4, 0.5) is 26.3 Å². The van der Waals surface area contributed by atoms with Gasteiger partial charge in [-0.15, -0.1) is 0 Å². The molecule has 8 heteroatoms. The fourth-order valence-electron chi connectivity index (χ4n) is 2.82. The molecule has 0 radical (unpaired) electrons. The minimum absolute atomic E-state index is 0.0367. The fraction of sp³-hybridized carbons (Fsp3) is 0.125. The van der Waals surface area contributed by atoms with Crippen molar-refractivity contribution in [2.24, 2.45) is 0 Å². The van der Waals surface area contributed by atoms with E-state index in [-0.39, 0.29) is 27.6 Å². The van der Waals surface area contributed by atoms with Crippen molar-refractivity contribution < 1.29 is 30.8 Å². The minimum Gasteiger partial charge on any atom is -0.454 e. The molecule has 2 heterocycles. The number of fused-ring (bicyclic) bond motifs is 5. The molecule has 4 rings (SSSR count). The first-order valence-corrected chi connectivity index (χ1v) is 6.77. The zero-order valence-electron chi connectivity index (χ0n) is 11.6. The zero-order chi connectivity index (χ0) is 17.3. The van der Waals surface area contributed by atoms with Crippen molar-refractivity contribution in [3.8, 4) is 0 Å². The van der Waals surface area contributed by atoms with Crippen molar-refractivity contribution in [1.82, 2.24) is 4.98 Å². The number of alkyl halides is 6. The van der Waals surface area contributed by atoms with Crippen LogP contribution >= 0.6 is 0 Å². The Bertz CT molecular complexity index is 1080. The number of aromatic nitrogens is 1. The maximum Gasteiger partial charge on any atom is 0.418 e. The van der Waals surface area contributed by atoms with Crippen LogP contribution in [-0.4, -0.2) is 4.98 Å². The molecule has 0 aliphatic heterocycles. The summed E-state index contributed by atoms with van der Waals surface area (Å²) in [4.78, 5) is 2.64. The van der Waals surface area contributed by atoms with Crippen LogP contribution in [0.1, 0.15) is 11.1 Å². The molecule has 0 atom stereocenters. The number of benzene rings is 2. The van der Waals surface area contributed by atoms with Gasteiger partial charge in [-0.2, -0.15) is 26.3 Å². The van der Waals surface area contributed by atoms with Crippen LogP contribution in [0, 0.1) is 0 Å². The summed E-state index contributed by atoms with van der Waals surface area (Å²) < 4.78 is 82.9. The lowest BCUT2D eigenvalue weighted by atomic mass is 10.1. The Morgan fingerprint density at radius 2 is 1.54 bits per heavy atom. The highest BCUT2D eigenvalue weighted by Gasteiger charge is 2.34.